The summed E-state index contributed by atoms with van der Waals surface area (Å²) in [6, 6.07) is 12.9. The number of ether oxygens (including phenoxy) is 2. The van der Waals surface area contributed by atoms with Gasteiger partial charge in [0.25, 0.3) is 0 Å². The van der Waals surface area contributed by atoms with Gasteiger partial charge in [-0.05, 0) is 42.3 Å². The van der Waals surface area contributed by atoms with Crippen LogP contribution in [-0.4, -0.2) is 19.6 Å². The van der Waals surface area contributed by atoms with Crippen molar-refractivity contribution in [1.82, 2.24) is 5.32 Å². The SMILES string of the molecule is CCOc1cc(/C=C/C(=O)NCc2ccccc2Cl)ccc1OC. The molecule has 1 amide bonds. The van der Waals surface area contributed by atoms with Crippen molar-refractivity contribution in [2.45, 2.75) is 13.5 Å². The maximum Gasteiger partial charge on any atom is 0.244 e. The monoisotopic (exact) mass is 345 g/mol. The molecule has 0 atom stereocenters. The van der Waals surface area contributed by atoms with Crippen LogP contribution in [-0.2, 0) is 11.3 Å². The molecule has 0 fully saturated rings. The van der Waals surface area contributed by atoms with Crippen LogP contribution in [0.1, 0.15) is 18.1 Å². The Morgan fingerprint density at radius 1 is 1.21 bits per heavy atom. The van der Waals surface area contributed by atoms with Crippen molar-refractivity contribution in [2.24, 2.45) is 0 Å². The van der Waals surface area contributed by atoms with Gasteiger partial charge in [0.2, 0.25) is 5.91 Å². The summed E-state index contributed by atoms with van der Waals surface area (Å²) in [5.41, 5.74) is 1.73. The number of halogens is 1. The maximum absolute atomic E-state index is 11.9. The topological polar surface area (TPSA) is 47.6 Å². The number of amides is 1. The van der Waals surface area contributed by atoms with E-state index in [-0.39, 0.29) is 5.91 Å². The lowest BCUT2D eigenvalue weighted by Gasteiger charge is -2.09. The molecular weight excluding hydrogens is 326 g/mol. The van der Waals surface area contributed by atoms with Crippen LogP contribution in [0.3, 0.4) is 0 Å². The molecule has 0 bridgehead atoms. The smallest absolute Gasteiger partial charge is 0.244 e. The fourth-order valence-electron chi connectivity index (χ4n) is 2.12. The maximum atomic E-state index is 11.9. The van der Waals surface area contributed by atoms with Gasteiger partial charge in [-0.25, -0.2) is 0 Å². The van der Waals surface area contributed by atoms with E-state index in [1.807, 2.05) is 43.3 Å². The van der Waals surface area contributed by atoms with Crippen molar-refractivity contribution in [2.75, 3.05) is 13.7 Å². The molecule has 0 saturated heterocycles. The molecule has 0 radical (unpaired) electrons. The second-order valence-electron chi connectivity index (χ2n) is 4.99. The Morgan fingerprint density at radius 3 is 2.71 bits per heavy atom. The highest BCUT2D eigenvalue weighted by atomic mass is 35.5. The molecule has 4 nitrogen and oxygen atoms in total. The van der Waals surface area contributed by atoms with Crippen LogP contribution in [0.4, 0.5) is 0 Å². The molecule has 0 aliphatic heterocycles. The Bertz CT molecular complexity index is 728. The third-order valence-corrected chi connectivity index (χ3v) is 3.69. The number of rotatable bonds is 7. The number of methoxy groups -OCH3 is 1. The van der Waals surface area contributed by atoms with Crippen LogP contribution < -0.4 is 14.8 Å². The molecule has 2 rings (SSSR count). The van der Waals surface area contributed by atoms with Crippen LogP contribution in [0.5, 0.6) is 11.5 Å². The molecule has 2 aromatic rings. The molecule has 5 heteroatoms. The lowest BCUT2D eigenvalue weighted by atomic mass is 10.2. The van der Waals surface area contributed by atoms with Crippen molar-refractivity contribution >= 4 is 23.6 Å². The fourth-order valence-corrected chi connectivity index (χ4v) is 2.32. The van der Waals surface area contributed by atoms with E-state index in [0.29, 0.717) is 29.7 Å². The van der Waals surface area contributed by atoms with E-state index >= 15 is 0 Å². The second-order valence-corrected chi connectivity index (χ2v) is 5.39. The number of carbonyl (C=O) groups is 1. The lowest BCUT2D eigenvalue weighted by Crippen LogP contribution is -2.20. The predicted octanol–water partition coefficient (Wildman–Crippen LogP) is 4.08. The average molecular weight is 346 g/mol. The summed E-state index contributed by atoms with van der Waals surface area (Å²) in [6.45, 7) is 2.83. The zero-order valence-corrected chi connectivity index (χ0v) is 14.5. The Hall–Kier alpha value is -2.46. The van der Waals surface area contributed by atoms with Gasteiger partial charge < -0.3 is 14.8 Å². The van der Waals surface area contributed by atoms with Crippen molar-refractivity contribution in [3.8, 4) is 11.5 Å². The van der Waals surface area contributed by atoms with E-state index in [1.165, 1.54) is 6.08 Å². The molecule has 0 heterocycles. The summed E-state index contributed by atoms with van der Waals surface area (Å²) < 4.78 is 10.8. The van der Waals surface area contributed by atoms with E-state index in [2.05, 4.69) is 5.32 Å². The number of carbonyl (C=O) groups excluding carboxylic acids is 1. The van der Waals surface area contributed by atoms with Crippen LogP contribution in [0.25, 0.3) is 6.08 Å². The largest absolute Gasteiger partial charge is 0.493 e. The van der Waals surface area contributed by atoms with Crippen LogP contribution in [0.15, 0.2) is 48.5 Å². The van der Waals surface area contributed by atoms with Crippen LogP contribution >= 0.6 is 11.6 Å². The van der Waals surface area contributed by atoms with Crippen molar-refractivity contribution in [3.63, 3.8) is 0 Å². The molecule has 0 aliphatic carbocycles. The molecule has 0 aromatic heterocycles. The lowest BCUT2D eigenvalue weighted by molar-refractivity contribution is -0.116. The van der Waals surface area contributed by atoms with E-state index in [4.69, 9.17) is 21.1 Å². The number of benzene rings is 2. The number of hydrogen-bond acceptors (Lipinski definition) is 3. The van der Waals surface area contributed by atoms with E-state index in [0.717, 1.165) is 11.1 Å². The third-order valence-electron chi connectivity index (χ3n) is 3.33. The normalized spacial score (nSPS) is 10.6. The molecule has 0 saturated carbocycles. The Balaban J connectivity index is 1.98. The van der Waals surface area contributed by atoms with Crippen molar-refractivity contribution in [3.05, 3.63) is 64.7 Å². The third kappa shape index (κ3) is 5.03. The standard InChI is InChI=1S/C19H20ClNO3/c1-3-24-18-12-14(8-10-17(18)23-2)9-11-19(22)21-13-15-6-4-5-7-16(15)20/h4-12H,3,13H2,1-2H3,(H,21,22)/b11-9+. The minimum atomic E-state index is -0.191. The van der Waals surface area contributed by atoms with E-state index in [1.54, 1.807) is 19.3 Å². The molecule has 0 aliphatic rings. The molecule has 0 unspecified atom stereocenters. The minimum absolute atomic E-state index is 0.191. The van der Waals surface area contributed by atoms with Gasteiger partial charge in [0, 0.05) is 17.6 Å². The Kier molecular flexibility index (Phi) is 6.70. The Labute approximate surface area is 147 Å². The molecule has 2 aromatic carbocycles. The molecule has 24 heavy (non-hydrogen) atoms. The zero-order valence-electron chi connectivity index (χ0n) is 13.7. The summed E-state index contributed by atoms with van der Waals surface area (Å²) in [5, 5.41) is 3.44. The van der Waals surface area contributed by atoms with Gasteiger partial charge in [-0.1, -0.05) is 35.9 Å². The number of hydrogen-bond donors (Lipinski definition) is 1. The number of nitrogens with one attached hydrogen (secondary N) is 1. The molecular formula is C19H20ClNO3. The van der Waals surface area contributed by atoms with E-state index in [9.17, 15) is 4.79 Å². The Morgan fingerprint density at radius 2 is 2.00 bits per heavy atom. The zero-order chi connectivity index (χ0) is 17.4. The van der Waals surface area contributed by atoms with Gasteiger partial charge in [-0.2, -0.15) is 0 Å². The quantitative estimate of drug-likeness (QED) is 0.769. The van der Waals surface area contributed by atoms with Gasteiger partial charge in [0.15, 0.2) is 11.5 Å². The van der Waals surface area contributed by atoms with Crippen molar-refractivity contribution in [1.29, 1.82) is 0 Å². The summed E-state index contributed by atoms with van der Waals surface area (Å²) in [5.74, 6) is 1.12. The highest BCUT2D eigenvalue weighted by molar-refractivity contribution is 6.31. The first-order valence-corrected chi connectivity index (χ1v) is 8.02. The first kappa shape index (κ1) is 17.9. The van der Waals surface area contributed by atoms with Gasteiger partial charge in [0.1, 0.15) is 0 Å². The summed E-state index contributed by atoms with van der Waals surface area (Å²) in [7, 11) is 1.59. The van der Waals surface area contributed by atoms with Gasteiger partial charge in [-0.3, -0.25) is 4.79 Å². The van der Waals surface area contributed by atoms with Gasteiger partial charge >= 0.3 is 0 Å². The highest BCUT2D eigenvalue weighted by Gasteiger charge is 2.04. The summed E-state index contributed by atoms with van der Waals surface area (Å²) >= 11 is 6.06. The molecule has 1 N–H and O–H groups in total. The fraction of sp³-hybridized carbons (Fsp3) is 0.211. The van der Waals surface area contributed by atoms with Crippen molar-refractivity contribution < 1.29 is 14.3 Å². The first-order chi connectivity index (χ1) is 11.6. The van der Waals surface area contributed by atoms with Crippen LogP contribution in [0.2, 0.25) is 5.02 Å². The second kappa shape index (κ2) is 8.99. The predicted molar refractivity (Wildman–Crippen MR) is 96.5 cm³/mol. The van der Waals surface area contributed by atoms with Gasteiger partial charge in [0.05, 0.1) is 13.7 Å². The van der Waals surface area contributed by atoms with Gasteiger partial charge in [-0.15, -0.1) is 0 Å². The van der Waals surface area contributed by atoms with Crippen LogP contribution in [0, 0.1) is 0 Å². The molecule has 0 spiro atoms. The highest BCUT2D eigenvalue weighted by Crippen LogP contribution is 2.28. The van der Waals surface area contributed by atoms with E-state index < -0.39 is 0 Å². The minimum Gasteiger partial charge on any atom is -0.493 e. The molecule has 126 valence electrons. The first-order valence-electron chi connectivity index (χ1n) is 7.64. The summed E-state index contributed by atoms with van der Waals surface area (Å²) in [6.07, 6.45) is 3.21. The summed E-state index contributed by atoms with van der Waals surface area (Å²) in [4.78, 5) is 11.9. The average Bonchev–Trinajstić information content (AvgIpc) is 2.60.